The molecule has 0 amide bonds. The topological polar surface area (TPSA) is 61.0 Å². The number of imidazole rings is 1. The van der Waals surface area contributed by atoms with E-state index in [2.05, 4.69) is 57.0 Å². The molecular weight excluding hydrogens is 316 g/mol. The van der Waals surface area contributed by atoms with E-state index in [-0.39, 0.29) is 11.5 Å². The van der Waals surface area contributed by atoms with Crippen LogP contribution >= 0.6 is 0 Å². The van der Waals surface area contributed by atoms with Gasteiger partial charge in [0.15, 0.2) is 5.82 Å². The van der Waals surface area contributed by atoms with Gasteiger partial charge in [0.25, 0.3) is 0 Å². The first-order chi connectivity index (χ1) is 12.0. The van der Waals surface area contributed by atoms with Crippen LogP contribution in [0.2, 0.25) is 0 Å². The number of anilines is 1. The minimum absolute atomic E-state index is 0.162. The first-order valence-electron chi connectivity index (χ1n) is 9.17. The van der Waals surface area contributed by atoms with Gasteiger partial charge in [0.2, 0.25) is 5.95 Å². The Labute approximate surface area is 149 Å². The molecule has 2 aliphatic rings. The molecule has 0 bridgehead atoms. The van der Waals surface area contributed by atoms with E-state index in [1.165, 1.54) is 0 Å². The molecule has 2 aliphatic heterocycles. The lowest BCUT2D eigenvalue weighted by Crippen LogP contribution is -2.29. The molecular formula is C18H28N6O. The SMILES string of the molecule is CC(C)C[C@H](c1nnc(N2CC3COCC3(C)C2)n1C)n1ccnc1. The molecule has 0 spiro atoms. The third-order valence-electron chi connectivity index (χ3n) is 5.78. The van der Waals surface area contributed by atoms with Gasteiger partial charge in [0.1, 0.15) is 0 Å². The molecule has 2 aromatic rings. The van der Waals surface area contributed by atoms with Crippen molar-refractivity contribution < 1.29 is 4.74 Å². The molecule has 3 atom stereocenters. The predicted octanol–water partition coefficient (Wildman–Crippen LogP) is 2.12. The van der Waals surface area contributed by atoms with E-state index in [4.69, 9.17) is 4.74 Å². The molecule has 2 fully saturated rings. The average Bonchev–Trinajstić information content (AvgIpc) is 3.28. The quantitative estimate of drug-likeness (QED) is 0.831. The number of rotatable bonds is 5. The monoisotopic (exact) mass is 344 g/mol. The standard InChI is InChI=1S/C18H28N6O/c1-13(2)7-15(23-6-5-19-12-23)16-20-21-17(22(16)4)24-8-14-9-25-11-18(14,3)10-24/h5-6,12-15H,7-11H2,1-4H3/t14?,15-,18?/m1/s1. The molecule has 25 heavy (non-hydrogen) atoms. The molecule has 0 aliphatic carbocycles. The normalized spacial score (nSPS) is 27.2. The Morgan fingerprint density at radius 2 is 2.20 bits per heavy atom. The zero-order valence-corrected chi connectivity index (χ0v) is 15.6. The summed E-state index contributed by atoms with van der Waals surface area (Å²) in [6, 6.07) is 0.162. The lowest BCUT2D eigenvalue weighted by Gasteiger charge is -2.23. The highest BCUT2D eigenvalue weighted by Gasteiger charge is 2.48. The number of hydrogen-bond donors (Lipinski definition) is 0. The van der Waals surface area contributed by atoms with E-state index in [0.717, 1.165) is 44.5 Å². The van der Waals surface area contributed by atoms with Gasteiger partial charge >= 0.3 is 0 Å². The summed E-state index contributed by atoms with van der Waals surface area (Å²) < 4.78 is 9.99. The molecule has 2 unspecified atom stereocenters. The van der Waals surface area contributed by atoms with E-state index in [1.807, 2.05) is 18.7 Å². The fourth-order valence-corrected chi connectivity index (χ4v) is 4.28. The lowest BCUT2D eigenvalue weighted by atomic mass is 9.83. The number of aromatic nitrogens is 5. The lowest BCUT2D eigenvalue weighted by molar-refractivity contribution is 0.161. The highest BCUT2D eigenvalue weighted by molar-refractivity contribution is 5.35. The molecule has 7 heteroatoms. The average molecular weight is 344 g/mol. The minimum atomic E-state index is 0.162. The smallest absolute Gasteiger partial charge is 0.227 e. The fourth-order valence-electron chi connectivity index (χ4n) is 4.28. The van der Waals surface area contributed by atoms with Gasteiger partial charge in [-0.2, -0.15) is 0 Å². The van der Waals surface area contributed by atoms with Gasteiger partial charge in [0, 0.05) is 43.9 Å². The first kappa shape index (κ1) is 16.6. The summed E-state index contributed by atoms with van der Waals surface area (Å²) >= 11 is 0. The van der Waals surface area contributed by atoms with Crippen molar-refractivity contribution in [1.82, 2.24) is 24.3 Å². The summed E-state index contributed by atoms with van der Waals surface area (Å²) in [5.74, 6) is 3.13. The Balaban J connectivity index is 1.62. The van der Waals surface area contributed by atoms with Gasteiger partial charge in [0.05, 0.1) is 25.6 Å². The van der Waals surface area contributed by atoms with Crippen LogP contribution in [0, 0.1) is 17.3 Å². The second-order valence-electron chi connectivity index (χ2n) is 8.32. The van der Waals surface area contributed by atoms with Crippen molar-refractivity contribution in [3.63, 3.8) is 0 Å². The summed E-state index contributed by atoms with van der Waals surface area (Å²) in [4.78, 5) is 6.60. The molecule has 0 N–H and O–H groups in total. The molecule has 4 heterocycles. The summed E-state index contributed by atoms with van der Waals surface area (Å²) in [7, 11) is 2.09. The van der Waals surface area contributed by atoms with Crippen molar-refractivity contribution in [2.24, 2.45) is 24.3 Å². The third kappa shape index (κ3) is 2.84. The van der Waals surface area contributed by atoms with E-state index in [9.17, 15) is 0 Å². The summed E-state index contributed by atoms with van der Waals surface area (Å²) in [6.45, 7) is 10.5. The van der Waals surface area contributed by atoms with E-state index < -0.39 is 0 Å². The molecule has 7 nitrogen and oxygen atoms in total. The molecule has 0 aromatic carbocycles. The van der Waals surface area contributed by atoms with Crippen LogP contribution in [0.25, 0.3) is 0 Å². The number of fused-ring (bicyclic) bond motifs is 1. The molecule has 136 valence electrons. The van der Waals surface area contributed by atoms with Gasteiger partial charge in [-0.15, -0.1) is 10.2 Å². The van der Waals surface area contributed by atoms with Gasteiger partial charge < -0.3 is 14.2 Å². The molecule has 2 saturated heterocycles. The van der Waals surface area contributed by atoms with Crippen LogP contribution in [-0.2, 0) is 11.8 Å². The van der Waals surface area contributed by atoms with Crippen LogP contribution < -0.4 is 4.90 Å². The van der Waals surface area contributed by atoms with Crippen LogP contribution in [0.3, 0.4) is 0 Å². The Hall–Kier alpha value is -1.89. The summed E-state index contributed by atoms with van der Waals surface area (Å²) in [5, 5.41) is 9.14. The fraction of sp³-hybridized carbons (Fsp3) is 0.722. The van der Waals surface area contributed by atoms with Gasteiger partial charge in [-0.3, -0.25) is 4.57 Å². The number of ether oxygens (including phenoxy) is 1. The van der Waals surface area contributed by atoms with Crippen LogP contribution in [0.5, 0.6) is 0 Å². The van der Waals surface area contributed by atoms with Gasteiger partial charge in [-0.1, -0.05) is 20.8 Å². The van der Waals surface area contributed by atoms with Gasteiger partial charge in [-0.05, 0) is 12.3 Å². The zero-order chi connectivity index (χ0) is 17.6. The molecule has 2 aromatic heterocycles. The second-order valence-corrected chi connectivity index (χ2v) is 8.32. The molecule has 4 rings (SSSR count). The van der Waals surface area contributed by atoms with Crippen LogP contribution in [0.15, 0.2) is 18.7 Å². The van der Waals surface area contributed by atoms with Crippen molar-refractivity contribution in [2.45, 2.75) is 33.2 Å². The zero-order valence-electron chi connectivity index (χ0n) is 15.6. The minimum Gasteiger partial charge on any atom is -0.380 e. The molecule has 0 saturated carbocycles. The van der Waals surface area contributed by atoms with Crippen molar-refractivity contribution in [3.05, 3.63) is 24.5 Å². The maximum absolute atomic E-state index is 5.69. The Kier molecular flexibility index (Phi) is 4.06. The van der Waals surface area contributed by atoms with Crippen LogP contribution in [-0.4, -0.2) is 50.6 Å². The maximum atomic E-state index is 5.69. The number of nitrogens with zero attached hydrogens (tertiary/aromatic N) is 6. The third-order valence-corrected chi connectivity index (χ3v) is 5.78. The highest BCUT2D eigenvalue weighted by Crippen LogP contribution is 2.42. The van der Waals surface area contributed by atoms with E-state index in [1.54, 1.807) is 0 Å². The van der Waals surface area contributed by atoms with Crippen molar-refractivity contribution >= 4 is 5.95 Å². The van der Waals surface area contributed by atoms with Crippen LogP contribution in [0.1, 0.15) is 39.1 Å². The maximum Gasteiger partial charge on any atom is 0.227 e. The van der Waals surface area contributed by atoms with Crippen molar-refractivity contribution in [3.8, 4) is 0 Å². The molecule has 0 radical (unpaired) electrons. The predicted molar refractivity (Wildman–Crippen MR) is 95.5 cm³/mol. The number of hydrogen-bond acceptors (Lipinski definition) is 5. The van der Waals surface area contributed by atoms with Gasteiger partial charge in [-0.25, -0.2) is 4.98 Å². The Morgan fingerprint density at radius 1 is 1.36 bits per heavy atom. The van der Waals surface area contributed by atoms with E-state index >= 15 is 0 Å². The van der Waals surface area contributed by atoms with Crippen LogP contribution in [0.4, 0.5) is 5.95 Å². The van der Waals surface area contributed by atoms with Crippen molar-refractivity contribution in [2.75, 3.05) is 31.2 Å². The summed E-state index contributed by atoms with van der Waals surface area (Å²) in [5.41, 5.74) is 0.244. The van der Waals surface area contributed by atoms with Crippen molar-refractivity contribution in [1.29, 1.82) is 0 Å². The highest BCUT2D eigenvalue weighted by atomic mass is 16.5. The largest absolute Gasteiger partial charge is 0.380 e. The first-order valence-corrected chi connectivity index (χ1v) is 9.17. The summed E-state index contributed by atoms with van der Waals surface area (Å²) in [6.07, 6.45) is 6.73. The van der Waals surface area contributed by atoms with E-state index in [0.29, 0.717) is 11.8 Å². The Bertz CT molecular complexity index is 724. The second kappa shape index (κ2) is 6.12. The Morgan fingerprint density at radius 3 is 2.88 bits per heavy atom.